The molecular formula is C12H20ClNO2. The number of ether oxygens (including phenoxy) is 1. The van der Waals surface area contributed by atoms with E-state index in [0.717, 1.165) is 26.0 Å². The van der Waals surface area contributed by atoms with Crippen molar-refractivity contribution < 1.29 is 9.15 Å². The van der Waals surface area contributed by atoms with E-state index in [1.165, 1.54) is 5.56 Å². The Bertz CT molecular complexity index is 298. The van der Waals surface area contributed by atoms with E-state index in [2.05, 4.69) is 19.2 Å². The van der Waals surface area contributed by atoms with Crippen LogP contribution in [0.1, 0.15) is 32.3 Å². The molecule has 1 saturated heterocycles. The number of halogens is 1. The number of hydrogen-bond acceptors (Lipinski definition) is 3. The fraction of sp³-hybridized carbons (Fsp3) is 0.667. The first kappa shape index (κ1) is 13.6. The maximum Gasteiger partial charge on any atom is 0.0947 e. The molecule has 1 aromatic rings. The summed E-state index contributed by atoms with van der Waals surface area (Å²) in [5, 5.41) is 3.54. The van der Waals surface area contributed by atoms with Crippen molar-refractivity contribution in [3.8, 4) is 0 Å². The zero-order valence-corrected chi connectivity index (χ0v) is 10.7. The van der Waals surface area contributed by atoms with Gasteiger partial charge in [0.2, 0.25) is 0 Å². The van der Waals surface area contributed by atoms with Gasteiger partial charge < -0.3 is 14.5 Å². The summed E-state index contributed by atoms with van der Waals surface area (Å²) >= 11 is 0. The lowest BCUT2D eigenvalue weighted by Gasteiger charge is -2.35. The Kier molecular flexibility index (Phi) is 4.84. The maximum atomic E-state index is 5.67. The summed E-state index contributed by atoms with van der Waals surface area (Å²) in [6.07, 6.45) is 5.68. The van der Waals surface area contributed by atoms with Gasteiger partial charge in [0.15, 0.2) is 0 Å². The summed E-state index contributed by atoms with van der Waals surface area (Å²) in [7, 11) is 0. The second kappa shape index (κ2) is 5.71. The zero-order chi connectivity index (χ0) is 10.7. The third-order valence-corrected chi connectivity index (χ3v) is 2.87. The fourth-order valence-electron chi connectivity index (χ4n) is 2.06. The van der Waals surface area contributed by atoms with Crippen LogP contribution in [0.5, 0.6) is 0 Å². The number of hydrogen-bond donors (Lipinski definition) is 1. The van der Waals surface area contributed by atoms with Crippen LogP contribution in [0.3, 0.4) is 0 Å². The van der Waals surface area contributed by atoms with Crippen LogP contribution in [0.2, 0.25) is 0 Å². The predicted octanol–water partition coefficient (Wildman–Crippen LogP) is 2.75. The first-order chi connectivity index (χ1) is 7.16. The highest BCUT2D eigenvalue weighted by Crippen LogP contribution is 2.24. The van der Waals surface area contributed by atoms with Crippen molar-refractivity contribution >= 4 is 12.4 Å². The first-order valence-corrected chi connectivity index (χ1v) is 5.54. The molecule has 2 rings (SSSR count). The van der Waals surface area contributed by atoms with Crippen LogP contribution in [0.15, 0.2) is 23.0 Å². The molecule has 0 amide bonds. The van der Waals surface area contributed by atoms with Crippen LogP contribution in [-0.4, -0.2) is 18.2 Å². The third-order valence-electron chi connectivity index (χ3n) is 2.87. The summed E-state index contributed by atoms with van der Waals surface area (Å²) in [5.74, 6) is 0. The zero-order valence-electron chi connectivity index (χ0n) is 9.86. The van der Waals surface area contributed by atoms with Crippen molar-refractivity contribution in [1.29, 1.82) is 0 Å². The van der Waals surface area contributed by atoms with E-state index in [0.29, 0.717) is 6.04 Å². The van der Waals surface area contributed by atoms with E-state index < -0.39 is 0 Å². The van der Waals surface area contributed by atoms with E-state index in [1.54, 1.807) is 12.5 Å². The van der Waals surface area contributed by atoms with Gasteiger partial charge >= 0.3 is 0 Å². The topological polar surface area (TPSA) is 34.4 Å². The van der Waals surface area contributed by atoms with Gasteiger partial charge in [0.1, 0.15) is 0 Å². The van der Waals surface area contributed by atoms with Crippen LogP contribution >= 0.6 is 12.4 Å². The minimum Gasteiger partial charge on any atom is -0.472 e. The minimum absolute atomic E-state index is 0. The smallest absolute Gasteiger partial charge is 0.0947 e. The molecule has 3 nitrogen and oxygen atoms in total. The van der Waals surface area contributed by atoms with Gasteiger partial charge in [-0.1, -0.05) is 0 Å². The van der Waals surface area contributed by atoms with Crippen molar-refractivity contribution in [2.45, 2.75) is 44.9 Å². The Morgan fingerprint density at radius 1 is 1.50 bits per heavy atom. The molecule has 2 heterocycles. The molecule has 0 aromatic carbocycles. The Morgan fingerprint density at radius 2 is 2.31 bits per heavy atom. The molecule has 1 aliphatic heterocycles. The summed E-state index contributed by atoms with van der Waals surface area (Å²) in [5.41, 5.74) is 1.23. The Labute approximate surface area is 103 Å². The lowest BCUT2D eigenvalue weighted by molar-refractivity contribution is -0.0630. The van der Waals surface area contributed by atoms with E-state index in [9.17, 15) is 0 Å². The maximum absolute atomic E-state index is 5.67. The molecule has 1 aromatic heterocycles. The highest BCUT2D eigenvalue weighted by molar-refractivity contribution is 5.85. The van der Waals surface area contributed by atoms with E-state index in [-0.39, 0.29) is 18.0 Å². The summed E-state index contributed by atoms with van der Waals surface area (Å²) < 4.78 is 10.7. The number of nitrogens with one attached hydrogen (secondary N) is 1. The fourth-order valence-corrected chi connectivity index (χ4v) is 2.06. The van der Waals surface area contributed by atoms with Crippen molar-refractivity contribution in [2.75, 3.05) is 6.61 Å². The molecule has 16 heavy (non-hydrogen) atoms. The van der Waals surface area contributed by atoms with Gasteiger partial charge in [-0.3, -0.25) is 0 Å². The average molecular weight is 246 g/mol. The molecule has 1 unspecified atom stereocenters. The van der Waals surface area contributed by atoms with Gasteiger partial charge in [0.05, 0.1) is 18.1 Å². The highest BCUT2D eigenvalue weighted by Gasteiger charge is 2.28. The van der Waals surface area contributed by atoms with Gasteiger partial charge in [-0.25, -0.2) is 0 Å². The Hall–Kier alpha value is -0.510. The van der Waals surface area contributed by atoms with Crippen LogP contribution in [0.4, 0.5) is 0 Å². The van der Waals surface area contributed by atoms with E-state index in [4.69, 9.17) is 9.15 Å². The molecule has 0 radical (unpaired) electrons. The van der Waals surface area contributed by atoms with Crippen molar-refractivity contribution in [3.05, 3.63) is 24.2 Å². The molecule has 1 atom stereocenters. The normalized spacial score (nSPS) is 23.8. The van der Waals surface area contributed by atoms with E-state index in [1.807, 2.05) is 6.07 Å². The lowest BCUT2D eigenvalue weighted by atomic mass is 9.94. The average Bonchev–Trinajstić information content (AvgIpc) is 2.65. The molecule has 1 aliphatic rings. The molecule has 4 heteroatoms. The van der Waals surface area contributed by atoms with Gasteiger partial charge in [-0.05, 0) is 32.8 Å². The van der Waals surface area contributed by atoms with Crippen molar-refractivity contribution in [2.24, 2.45) is 0 Å². The summed E-state index contributed by atoms with van der Waals surface area (Å²) in [6.45, 7) is 6.05. The summed E-state index contributed by atoms with van der Waals surface area (Å²) in [4.78, 5) is 0. The predicted molar refractivity (Wildman–Crippen MR) is 65.8 cm³/mol. The molecule has 0 spiro atoms. The first-order valence-electron chi connectivity index (χ1n) is 5.54. The van der Waals surface area contributed by atoms with Crippen LogP contribution in [0.25, 0.3) is 0 Å². The number of rotatable bonds is 3. The molecule has 92 valence electrons. The molecular weight excluding hydrogens is 226 g/mol. The third kappa shape index (κ3) is 3.81. The monoisotopic (exact) mass is 245 g/mol. The molecule has 0 bridgehead atoms. The molecule has 0 aliphatic carbocycles. The lowest BCUT2D eigenvalue weighted by Crippen LogP contribution is -2.43. The van der Waals surface area contributed by atoms with Gasteiger partial charge in [-0.15, -0.1) is 12.4 Å². The van der Waals surface area contributed by atoms with Gasteiger partial charge in [0, 0.05) is 24.8 Å². The van der Waals surface area contributed by atoms with Crippen LogP contribution in [-0.2, 0) is 11.3 Å². The van der Waals surface area contributed by atoms with E-state index >= 15 is 0 Å². The molecule has 1 N–H and O–H groups in total. The summed E-state index contributed by atoms with van der Waals surface area (Å²) in [6, 6.07) is 2.56. The molecule has 0 saturated carbocycles. The van der Waals surface area contributed by atoms with Crippen LogP contribution < -0.4 is 5.32 Å². The van der Waals surface area contributed by atoms with Crippen molar-refractivity contribution in [3.63, 3.8) is 0 Å². The number of furan rings is 1. The second-order valence-corrected chi connectivity index (χ2v) is 4.81. The quantitative estimate of drug-likeness (QED) is 0.889. The minimum atomic E-state index is 0. The van der Waals surface area contributed by atoms with Gasteiger partial charge in [0.25, 0.3) is 0 Å². The largest absolute Gasteiger partial charge is 0.472 e. The highest BCUT2D eigenvalue weighted by atomic mass is 35.5. The van der Waals surface area contributed by atoms with Crippen LogP contribution in [0, 0.1) is 0 Å². The Balaban J connectivity index is 0.00000128. The van der Waals surface area contributed by atoms with Crippen molar-refractivity contribution in [1.82, 2.24) is 5.32 Å². The standard InChI is InChI=1S/C12H19NO2.ClH/c1-12(2)7-11(4-6-15-12)13-8-10-3-5-14-9-10;/h3,5,9,11,13H,4,6-8H2,1-2H3;1H. The SMILES string of the molecule is CC1(C)CC(NCc2ccoc2)CCO1.Cl. The Morgan fingerprint density at radius 3 is 2.94 bits per heavy atom. The second-order valence-electron chi connectivity index (χ2n) is 4.81. The molecule has 1 fully saturated rings. The van der Waals surface area contributed by atoms with Gasteiger partial charge in [-0.2, -0.15) is 0 Å².